The molecule has 0 spiro atoms. The Morgan fingerprint density at radius 2 is 1.96 bits per heavy atom. The van der Waals surface area contributed by atoms with Gasteiger partial charge in [-0.25, -0.2) is 0 Å². The van der Waals surface area contributed by atoms with E-state index in [4.69, 9.17) is 4.74 Å². The summed E-state index contributed by atoms with van der Waals surface area (Å²) in [5.74, 6) is 1.56. The Bertz CT molecular complexity index is 643. The van der Waals surface area contributed by atoms with Crippen molar-refractivity contribution in [2.24, 2.45) is 5.92 Å². The van der Waals surface area contributed by atoms with Crippen molar-refractivity contribution in [1.82, 2.24) is 15.1 Å². The average Bonchev–Trinajstić information content (AvgIpc) is 3.09. The summed E-state index contributed by atoms with van der Waals surface area (Å²) in [5.41, 5.74) is 2.48. The van der Waals surface area contributed by atoms with Gasteiger partial charge in [0, 0.05) is 6.20 Å². The van der Waals surface area contributed by atoms with Gasteiger partial charge in [0.25, 0.3) is 0 Å². The van der Waals surface area contributed by atoms with E-state index in [1.54, 1.807) is 0 Å². The number of hydrogen-bond donors (Lipinski definition) is 1. The zero-order valence-electron chi connectivity index (χ0n) is 16.0. The lowest BCUT2D eigenvalue weighted by molar-refractivity contribution is 0.0946. The Morgan fingerprint density at radius 3 is 2.56 bits per heavy atom. The zero-order valence-corrected chi connectivity index (χ0v) is 16.0. The molecule has 0 saturated carbocycles. The highest BCUT2D eigenvalue weighted by molar-refractivity contribution is 5.28. The third kappa shape index (κ3) is 4.63. The summed E-state index contributed by atoms with van der Waals surface area (Å²) >= 11 is 0. The van der Waals surface area contributed by atoms with Crippen molar-refractivity contribution in [1.29, 1.82) is 0 Å². The molecule has 1 aliphatic heterocycles. The zero-order chi connectivity index (χ0) is 17.9. The average molecular weight is 341 g/mol. The van der Waals surface area contributed by atoms with Crippen molar-refractivity contribution < 1.29 is 4.74 Å². The molecule has 1 N–H and O–H groups in total. The van der Waals surface area contributed by atoms with E-state index in [0.717, 1.165) is 18.7 Å². The molecule has 136 valence electrons. The van der Waals surface area contributed by atoms with Gasteiger partial charge in [0.1, 0.15) is 11.4 Å². The molecule has 25 heavy (non-hydrogen) atoms. The molecule has 1 saturated heterocycles. The molecule has 2 aromatic rings. The van der Waals surface area contributed by atoms with Gasteiger partial charge in [-0.05, 0) is 82.8 Å². The molecule has 0 amide bonds. The Labute approximate surface area is 151 Å². The maximum atomic E-state index is 5.94. The molecule has 1 aromatic carbocycles. The smallest absolute Gasteiger partial charge is 0.120 e. The second-order valence-electron chi connectivity index (χ2n) is 8.05. The standard InChI is InChI=1S/C21H31N3O/c1-5-24-14-6-7-17(20(24)19-12-13-22-23-19)15-16-8-10-18(11-9-16)25-21(2,3)4/h8-13,17,20H,5-7,14-15H2,1-4H3,(H,22,23). The number of rotatable bonds is 5. The van der Waals surface area contributed by atoms with Crippen molar-refractivity contribution in [2.45, 2.75) is 58.6 Å². The van der Waals surface area contributed by atoms with Crippen molar-refractivity contribution in [3.63, 3.8) is 0 Å². The fourth-order valence-corrected chi connectivity index (χ4v) is 3.95. The highest BCUT2D eigenvalue weighted by Crippen LogP contribution is 2.37. The highest BCUT2D eigenvalue weighted by Gasteiger charge is 2.32. The lowest BCUT2D eigenvalue weighted by Crippen LogP contribution is -2.39. The summed E-state index contributed by atoms with van der Waals surface area (Å²) in [5, 5.41) is 7.40. The second kappa shape index (κ2) is 7.61. The van der Waals surface area contributed by atoms with E-state index in [2.05, 4.69) is 73.1 Å². The minimum Gasteiger partial charge on any atom is -0.488 e. The van der Waals surface area contributed by atoms with E-state index in [9.17, 15) is 0 Å². The van der Waals surface area contributed by atoms with E-state index in [1.165, 1.54) is 30.6 Å². The van der Waals surface area contributed by atoms with Crippen LogP contribution in [0.25, 0.3) is 0 Å². The second-order valence-corrected chi connectivity index (χ2v) is 8.05. The third-order valence-electron chi connectivity index (χ3n) is 4.95. The van der Waals surface area contributed by atoms with E-state index in [0.29, 0.717) is 12.0 Å². The summed E-state index contributed by atoms with van der Waals surface area (Å²) in [6, 6.07) is 11.2. The fraction of sp³-hybridized carbons (Fsp3) is 0.571. The van der Waals surface area contributed by atoms with Crippen molar-refractivity contribution in [3.05, 3.63) is 47.8 Å². The van der Waals surface area contributed by atoms with Crippen LogP contribution in [0.3, 0.4) is 0 Å². The molecule has 4 nitrogen and oxygen atoms in total. The van der Waals surface area contributed by atoms with Crippen LogP contribution in [0, 0.1) is 5.92 Å². The maximum Gasteiger partial charge on any atom is 0.120 e. The lowest BCUT2D eigenvalue weighted by atomic mass is 9.82. The van der Waals surface area contributed by atoms with E-state index >= 15 is 0 Å². The number of hydrogen-bond acceptors (Lipinski definition) is 3. The topological polar surface area (TPSA) is 41.1 Å². The number of aromatic nitrogens is 2. The first-order valence-corrected chi connectivity index (χ1v) is 9.47. The van der Waals surface area contributed by atoms with Crippen molar-refractivity contribution in [2.75, 3.05) is 13.1 Å². The van der Waals surface area contributed by atoms with Gasteiger partial charge in [0.05, 0.1) is 11.7 Å². The minimum absolute atomic E-state index is 0.155. The molecule has 1 aromatic heterocycles. The van der Waals surface area contributed by atoms with Gasteiger partial charge in [-0.1, -0.05) is 19.1 Å². The van der Waals surface area contributed by atoms with Gasteiger partial charge < -0.3 is 4.74 Å². The van der Waals surface area contributed by atoms with E-state index in [1.807, 2.05) is 6.20 Å². The van der Waals surface area contributed by atoms with Crippen LogP contribution in [0.2, 0.25) is 0 Å². The minimum atomic E-state index is -0.155. The van der Waals surface area contributed by atoms with Crippen LogP contribution in [0.4, 0.5) is 0 Å². The molecular weight excluding hydrogens is 310 g/mol. The molecule has 2 unspecified atom stereocenters. The summed E-state index contributed by atoms with van der Waals surface area (Å²) in [6.45, 7) is 10.8. The predicted octanol–water partition coefficient (Wildman–Crippen LogP) is 4.60. The number of aromatic amines is 1. The van der Waals surface area contributed by atoms with E-state index < -0.39 is 0 Å². The Hall–Kier alpha value is -1.81. The summed E-state index contributed by atoms with van der Waals surface area (Å²) in [6.07, 6.45) is 5.50. The molecule has 2 heterocycles. The summed E-state index contributed by atoms with van der Waals surface area (Å²) < 4.78 is 5.94. The third-order valence-corrected chi connectivity index (χ3v) is 4.95. The Morgan fingerprint density at radius 1 is 1.20 bits per heavy atom. The number of nitrogens with one attached hydrogen (secondary N) is 1. The van der Waals surface area contributed by atoms with Gasteiger partial charge in [0.15, 0.2) is 0 Å². The lowest BCUT2D eigenvalue weighted by Gasteiger charge is -2.40. The summed E-state index contributed by atoms with van der Waals surface area (Å²) in [7, 11) is 0. The van der Waals surface area contributed by atoms with E-state index in [-0.39, 0.29) is 5.60 Å². The molecule has 1 aliphatic rings. The number of ether oxygens (including phenoxy) is 1. The first kappa shape index (κ1) is 18.0. The van der Waals surface area contributed by atoms with Crippen LogP contribution in [0.5, 0.6) is 5.75 Å². The molecule has 4 heteroatoms. The highest BCUT2D eigenvalue weighted by atomic mass is 16.5. The normalized spacial score (nSPS) is 22.1. The number of likely N-dealkylation sites (tertiary alicyclic amines) is 1. The van der Waals surface area contributed by atoms with Gasteiger partial charge in [-0.15, -0.1) is 0 Å². The molecule has 0 bridgehead atoms. The maximum absolute atomic E-state index is 5.94. The largest absolute Gasteiger partial charge is 0.488 e. The molecule has 2 atom stereocenters. The van der Waals surface area contributed by atoms with Crippen LogP contribution in [-0.2, 0) is 6.42 Å². The SMILES string of the molecule is CCN1CCCC(Cc2ccc(OC(C)(C)C)cc2)C1c1ccn[nH]1. The number of piperidine rings is 1. The van der Waals surface area contributed by atoms with Crippen LogP contribution in [0.15, 0.2) is 36.5 Å². The fourth-order valence-electron chi connectivity index (χ4n) is 3.95. The Kier molecular flexibility index (Phi) is 5.48. The van der Waals surface area contributed by atoms with Crippen molar-refractivity contribution in [3.8, 4) is 5.75 Å². The monoisotopic (exact) mass is 341 g/mol. The first-order chi connectivity index (χ1) is 12.0. The van der Waals surface area contributed by atoms with Crippen LogP contribution >= 0.6 is 0 Å². The molecule has 0 radical (unpaired) electrons. The van der Waals surface area contributed by atoms with Crippen molar-refractivity contribution >= 4 is 0 Å². The van der Waals surface area contributed by atoms with Crippen LogP contribution < -0.4 is 4.74 Å². The summed E-state index contributed by atoms with van der Waals surface area (Å²) in [4.78, 5) is 2.58. The number of nitrogens with zero attached hydrogens (tertiary/aromatic N) is 2. The first-order valence-electron chi connectivity index (χ1n) is 9.47. The molecule has 3 rings (SSSR count). The van der Waals surface area contributed by atoms with Crippen LogP contribution in [-0.4, -0.2) is 33.8 Å². The molecule has 0 aliphatic carbocycles. The molecular formula is C21H31N3O. The number of H-pyrrole nitrogens is 1. The quantitative estimate of drug-likeness (QED) is 0.864. The predicted molar refractivity (Wildman–Crippen MR) is 102 cm³/mol. The van der Waals surface area contributed by atoms with Gasteiger partial charge in [0.2, 0.25) is 0 Å². The van der Waals surface area contributed by atoms with Crippen LogP contribution in [0.1, 0.15) is 57.8 Å². The van der Waals surface area contributed by atoms with Gasteiger partial charge in [-0.3, -0.25) is 10.00 Å². The van der Waals surface area contributed by atoms with Gasteiger partial charge >= 0.3 is 0 Å². The number of benzene rings is 1. The molecule has 1 fully saturated rings. The Balaban J connectivity index is 1.73. The van der Waals surface area contributed by atoms with Gasteiger partial charge in [-0.2, -0.15) is 5.10 Å².